The highest BCUT2D eigenvalue weighted by Crippen LogP contribution is 2.24. The molecule has 0 spiro atoms. The van der Waals surface area contributed by atoms with E-state index >= 15 is 0 Å². The third-order valence-corrected chi connectivity index (χ3v) is 2.66. The first-order valence-corrected chi connectivity index (χ1v) is 6.23. The van der Waals surface area contributed by atoms with Crippen molar-refractivity contribution < 1.29 is 4.79 Å². The molecule has 3 N–H and O–H groups in total. The molecule has 1 unspecified atom stereocenters. The molecule has 3 heteroatoms. The molecule has 0 rings (SSSR count). The van der Waals surface area contributed by atoms with Crippen LogP contribution in [0.15, 0.2) is 0 Å². The van der Waals surface area contributed by atoms with Crippen molar-refractivity contribution in [2.75, 3.05) is 13.1 Å². The lowest BCUT2D eigenvalue weighted by molar-refractivity contribution is -0.122. The Morgan fingerprint density at radius 1 is 1.31 bits per heavy atom. The zero-order valence-electron chi connectivity index (χ0n) is 11.5. The van der Waals surface area contributed by atoms with Gasteiger partial charge < -0.3 is 11.1 Å². The van der Waals surface area contributed by atoms with Crippen molar-refractivity contribution in [2.24, 2.45) is 23.0 Å². The molecule has 0 bridgehead atoms. The normalized spacial score (nSPS) is 13.9. The summed E-state index contributed by atoms with van der Waals surface area (Å²) in [6.45, 7) is 12.1. The minimum absolute atomic E-state index is 0.120. The Labute approximate surface area is 100 Å². The fraction of sp³-hybridized carbons (Fsp3) is 0.923. The monoisotopic (exact) mass is 228 g/mol. The van der Waals surface area contributed by atoms with Gasteiger partial charge in [0.15, 0.2) is 0 Å². The molecule has 16 heavy (non-hydrogen) atoms. The molecule has 0 radical (unpaired) electrons. The minimum atomic E-state index is 0.120. The van der Waals surface area contributed by atoms with Crippen LogP contribution in [0.3, 0.4) is 0 Å². The molecular weight excluding hydrogens is 200 g/mol. The van der Waals surface area contributed by atoms with Crippen LogP contribution in [0.2, 0.25) is 0 Å². The summed E-state index contributed by atoms with van der Waals surface area (Å²) in [4.78, 5) is 11.6. The van der Waals surface area contributed by atoms with Gasteiger partial charge in [0.05, 0.1) is 0 Å². The molecule has 0 saturated heterocycles. The van der Waals surface area contributed by atoms with E-state index in [2.05, 4.69) is 33.0 Å². The Balaban J connectivity index is 3.90. The van der Waals surface area contributed by atoms with Crippen LogP contribution in [-0.4, -0.2) is 19.0 Å². The maximum absolute atomic E-state index is 11.6. The summed E-state index contributed by atoms with van der Waals surface area (Å²) >= 11 is 0. The van der Waals surface area contributed by atoms with E-state index in [1.807, 2.05) is 6.92 Å². The van der Waals surface area contributed by atoms with E-state index in [9.17, 15) is 4.79 Å². The Morgan fingerprint density at radius 3 is 2.31 bits per heavy atom. The molecule has 96 valence electrons. The standard InChI is InChI=1S/C13H28N2O/c1-10(2)7-13(4,5)9-15-12(16)6-11(3)8-14/h10-11H,6-9,14H2,1-5H3,(H,15,16). The molecule has 0 aliphatic heterocycles. The first-order valence-electron chi connectivity index (χ1n) is 6.23. The SMILES string of the molecule is CC(C)CC(C)(C)CNC(=O)CC(C)CN. The molecule has 0 aromatic rings. The topological polar surface area (TPSA) is 55.1 Å². The Hall–Kier alpha value is -0.570. The lowest BCUT2D eigenvalue weighted by Crippen LogP contribution is -2.36. The molecule has 0 aromatic heterocycles. The van der Waals surface area contributed by atoms with Crippen LogP contribution in [0.25, 0.3) is 0 Å². The van der Waals surface area contributed by atoms with E-state index in [1.54, 1.807) is 0 Å². The van der Waals surface area contributed by atoms with Crippen molar-refractivity contribution >= 4 is 5.91 Å². The van der Waals surface area contributed by atoms with Gasteiger partial charge >= 0.3 is 0 Å². The van der Waals surface area contributed by atoms with Crippen LogP contribution in [0, 0.1) is 17.3 Å². The van der Waals surface area contributed by atoms with Gasteiger partial charge in [-0.2, -0.15) is 0 Å². The number of nitrogens with one attached hydrogen (secondary N) is 1. The molecular formula is C13H28N2O. The van der Waals surface area contributed by atoms with Crippen LogP contribution in [0.5, 0.6) is 0 Å². The van der Waals surface area contributed by atoms with Crippen molar-refractivity contribution in [3.8, 4) is 0 Å². The predicted octanol–water partition coefficient (Wildman–Crippen LogP) is 2.16. The molecule has 0 aliphatic rings. The predicted molar refractivity (Wildman–Crippen MR) is 69.1 cm³/mol. The van der Waals surface area contributed by atoms with Gasteiger partial charge in [0, 0.05) is 13.0 Å². The van der Waals surface area contributed by atoms with Gasteiger partial charge in [0.1, 0.15) is 0 Å². The first kappa shape index (κ1) is 15.4. The van der Waals surface area contributed by atoms with Crippen molar-refractivity contribution in [1.82, 2.24) is 5.32 Å². The molecule has 3 nitrogen and oxygen atoms in total. The number of hydrogen-bond acceptors (Lipinski definition) is 2. The molecule has 0 heterocycles. The van der Waals surface area contributed by atoms with E-state index in [1.165, 1.54) is 0 Å². The summed E-state index contributed by atoms with van der Waals surface area (Å²) < 4.78 is 0. The Bertz CT molecular complexity index is 212. The number of amides is 1. The first-order chi connectivity index (χ1) is 7.26. The molecule has 1 amide bonds. The van der Waals surface area contributed by atoms with Crippen molar-refractivity contribution in [3.05, 3.63) is 0 Å². The summed E-state index contributed by atoms with van der Waals surface area (Å²) in [6.07, 6.45) is 1.66. The van der Waals surface area contributed by atoms with Gasteiger partial charge in [-0.05, 0) is 30.2 Å². The highest BCUT2D eigenvalue weighted by molar-refractivity contribution is 5.76. The molecule has 0 saturated carbocycles. The van der Waals surface area contributed by atoms with Gasteiger partial charge in [0.25, 0.3) is 0 Å². The van der Waals surface area contributed by atoms with Crippen LogP contribution < -0.4 is 11.1 Å². The maximum Gasteiger partial charge on any atom is 0.220 e. The van der Waals surface area contributed by atoms with E-state index in [4.69, 9.17) is 5.73 Å². The van der Waals surface area contributed by atoms with Crippen molar-refractivity contribution in [3.63, 3.8) is 0 Å². The fourth-order valence-corrected chi connectivity index (χ4v) is 1.99. The number of carbonyl (C=O) groups excluding carboxylic acids is 1. The van der Waals surface area contributed by atoms with E-state index in [0.29, 0.717) is 18.9 Å². The fourth-order valence-electron chi connectivity index (χ4n) is 1.99. The summed E-state index contributed by atoms with van der Waals surface area (Å²) in [7, 11) is 0. The average molecular weight is 228 g/mol. The van der Waals surface area contributed by atoms with Crippen molar-refractivity contribution in [1.29, 1.82) is 0 Å². The number of nitrogens with two attached hydrogens (primary N) is 1. The zero-order valence-corrected chi connectivity index (χ0v) is 11.5. The Morgan fingerprint density at radius 2 is 1.88 bits per heavy atom. The summed E-state index contributed by atoms with van der Waals surface area (Å²) in [5.41, 5.74) is 5.66. The van der Waals surface area contributed by atoms with E-state index < -0.39 is 0 Å². The second-order valence-corrected chi connectivity index (χ2v) is 6.08. The number of hydrogen-bond donors (Lipinski definition) is 2. The van der Waals surface area contributed by atoms with Gasteiger partial charge in [-0.15, -0.1) is 0 Å². The average Bonchev–Trinajstić information content (AvgIpc) is 2.13. The lowest BCUT2D eigenvalue weighted by Gasteiger charge is -2.27. The summed E-state index contributed by atoms with van der Waals surface area (Å²) in [5, 5.41) is 3.00. The van der Waals surface area contributed by atoms with E-state index in [0.717, 1.165) is 13.0 Å². The van der Waals surface area contributed by atoms with Crippen LogP contribution in [0.4, 0.5) is 0 Å². The largest absolute Gasteiger partial charge is 0.356 e. The van der Waals surface area contributed by atoms with Crippen LogP contribution >= 0.6 is 0 Å². The Kier molecular flexibility index (Phi) is 6.65. The number of rotatable bonds is 7. The summed E-state index contributed by atoms with van der Waals surface area (Å²) in [6, 6.07) is 0. The maximum atomic E-state index is 11.6. The second kappa shape index (κ2) is 6.89. The quantitative estimate of drug-likeness (QED) is 0.701. The van der Waals surface area contributed by atoms with Gasteiger partial charge in [0.2, 0.25) is 5.91 Å². The second-order valence-electron chi connectivity index (χ2n) is 6.08. The third-order valence-electron chi connectivity index (χ3n) is 2.66. The third kappa shape index (κ3) is 7.69. The molecule has 0 fully saturated rings. The smallest absolute Gasteiger partial charge is 0.220 e. The highest BCUT2D eigenvalue weighted by atomic mass is 16.1. The molecule has 1 atom stereocenters. The lowest BCUT2D eigenvalue weighted by atomic mass is 9.84. The number of carbonyl (C=O) groups is 1. The van der Waals surface area contributed by atoms with Crippen LogP contribution in [0.1, 0.15) is 47.5 Å². The summed E-state index contributed by atoms with van der Waals surface area (Å²) in [5.74, 6) is 1.05. The van der Waals surface area contributed by atoms with Gasteiger partial charge in [-0.3, -0.25) is 4.79 Å². The molecule has 0 aliphatic carbocycles. The highest BCUT2D eigenvalue weighted by Gasteiger charge is 2.20. The van der Waals surface area contributed by atoms with Gasteiger partial charge in [-0.1, -0.05) is 34.6 Å². The van der Waals surface area contributed by atoms with Gasteiger partial charge in [-0.25, -0.2) is 0 Å². The van der Waals surface area contributed by atoms with Crippen LogP contribution in [-0.2, 0) is 4.79 Å². The van der Waals surface area contributed by atoms with Crippen molar-refractivity contribution in [2.45, 2.75) is 47.5 Å². The minimum Gasteiger partial charge on any atom is -0.356 e. The zero-order chi connectivity index (χ0) is 12.8. The molecule has 0 aromatic carbocycles. The van der Waals surface area contributed by atoms with E-state index in [-0.39, 0.29) is 17.2 Å².